The summed E-state index contributed by atoms with van der Waals surface area (Å²) < 4.78 is 12.9. The van der Waals surface area contributed by atoms with Gasteiger partial charge in [0, 0.05) is 5.69 Å². The molecule has 18 heavy (non-hydrogen) atoms. The standard InChI is InChI=1S/C11H6Cl2FN3O/c12-7-3-6(1-2-8(7)14)16-11(18)9-4-15-5-10(13)17-9/h1-5H,(H,16,18). The van der Waals surface area contributed by atoms with Crippen molar-refractivity contribution in [1.29, 1.82) is 0 Å². The zero-order valence-electron chi connectivity index (χ0n) is 8.82. The molecule has 0 aliphatic heterocycles. The third kappa shape index (κ3) is 2.94. The Morgan fingerprint density at radius 2 is 2.06 bits per heavy atom. The number of hydrogen-bond acceptors (Lipinski definition) is 3. The van der Waals surface area contributed by atoms with E-state index in [0.29, 0.717) is 5.69 Å². The van der Waals surface area contributed by atoms with Gasteiger partial charge >= 0.3 is 0 Å². The maximum atomic E-state index is 12.9. The van der Waals surface area contributed by atoms with Crippen LogP contribution in [0.4, 0.5) is 10.1 Å². The summed E-state index contributed by atoms with van der Waals surface area (Å²) in [6, 6.07) is 3.84. The van der Waals surface area contributed by atoms with Crippen LogP contribution in [-0.4, -0.2) is 15.9 Å². The molecule has 1 N–H and O–H groups in total. The molecule has 0 bridgehead atoms. The van der Waals surface area contributed by atoms with Gasteiger partial charge in [0.05, 0.1) is 17.4 Å². The van der Waals surface area contributed by atoms with Crippen molar-refractivity contribution < 1.29 is 9.18 Å². The molecule has 0 unspecified atom stereocenters. The molecular formula is C11H6Cl2FN3O. The third-order valence-corrected chi connectivity index (χ3v) is 2.49. The van der Waals surface area contributed by atoms with Crippen molar-refractivity contribution in [1.82, 2.24) is 9.97 Å². The Morgan fingerprint density at radius 1 is 1.28 bits per heavy atom. The molecule has 0 aliphatic rings. The number of benzene rings is 1. The van der Waals surface area contributed by atoms with Crippen molar-refractivity contribution in [2.75, 3.05) is 5.32 Å². The molecule has 0 fully saturated rings. The van der Waals surface area contributed by atoms with E-state index in [1.54, 1.807) is 0 Å². The van der Waals surface area contributed by atoms with Crippen LogP contribution < -0.4 is 5.32 Å². The summed E-state index contributed by atoms with van der Waals surface area (Å²) in [5.74, 6) is -1.06. The van der Waals surface area contributed by atoms with Gasteiger partial charge in [-0.2, -0.15) is 0 Å². The highest BCUT2D eigenvalue weighted by Crippen LogP contribution is 2.19. The molecule has 1 aromatic heterocycles. The lowest BCUT2D eigenvalue weighted by Gasteiger charge is -2.05. The summed E-state index contributed by atoms with van der Waals surface area (Å²) >= 11 is 11.2. The molecular weight excluding hydrogens is 280 g/mol. The highest BCUT2D eigenvalue weighted by atomic mass is 35.5. The Bertz CT molecular complexity index is 607. The van der Waals surface area contributed by atoms with Gasteiger partial charge < -0.3 is 5.32 Å². The lowest BCUT2D eigenvalue weighted by molar-refractivity contribution is 0.102. The first-order chi connectivity index (χ1) is 8.56. The number of aromatic nitrogens is 2. The monoisotopic (exact) mass is 285 g/mol. The van der Waals surface area contributed by atoms with E-state index in [9.17, 15) is 9.18 Å². The topological polar surface area (TPSA) is 54.9 Å². The number of carbonyl (C=O) groups excluding carboxylic acids is 1. The summed E-state index contributed by atoms with van der Waals surface area (Å²) in [6.45, 7) is 0. The van der Waals surface area contributed by atoms with E-state index >= 15 is 0 Å². The van der Waals surface area contributed by atoms with Crippen LogP contribution in [0.5, 0.6) is 0 Å². The maximum absolute atomic E-state index is 12.9. The number of hydrogen-bond donors (Lipinski definition) is 1. The number of amides is 1. The number of halogens is 3. The van der Waals surface area contributed by atoms with E-state index in [0.717, 1.165) is 6.07 Å². The molecule has 0 atom stereocenters. The van der Waals surface area contributed by atoms with E-state index in [-0.39, 0.29) is 15.9 Å². The van der Waals surface area contributed by atoms with Crippen molar-refractivity contribution in [3.05, 3.63) is 52.3 Å². The number of carbonyl (C=O) groups is 1. The highest BCUT2D eigenvalue weighted by molar-refractivity contribution is 6.31. The normalized spacial score (nSPS) is 10.2. The third-order valence-electron chi connectivity index (χ3n) is 2.02. The molecule has 1 heterocycles. The van der Waals surface area contributed by atoms with Gasteiger partial charge in [-0.3, -0.25) is 9.78 Å². The zero-order chi connectivity index (χ0) is 13.1. The molecule has 2 rings (SSSR count). The largest absolute Gasteiger partial charge is 0.321 e. The van der Waals surface area contributed by atoms with Gasteiger partial charge in [0.1, 0.15) is 16.7 Å². The summed E-state index contributed by atoms with van der Waals surface area (Å²) in [5, 5.41) is 2.53. The molecule has 0 saturated heterocycles. The number of nitrogens with one attached hydrogen (secondary N) is 1. The Labute approximate surface area is 112 Å². The van der Waals surface area contributed by atoms with E-state index in [1.165, 1.54) is 24.5 Å². The molecule has 0 aliphatic carbocycles. The van der Waals surface area contributed by atoms with Crippen molar-refractivity contribution >= 4 is 34.8 Å². The molecule has 92 valence electrons. The summed E-state index contributed by atoms with van der Waals surface area (Å²) in [7, 11) is 0. The van der Waals surface area contributed by atoms with Gasteiger partial charge in [-0.05, 0) is 18.2 Å². The van der Waals surface area contributed by atoms with Gasteiger partial charge in [0.25, 0.3) is 5.91 Å². The quantitative estimate of drug-likeness (QED) is 0.922. The first-order valence-electron chi connectivity index (χ1n) is 4.80. The van der Waals surface area contributed by atoms with E-state index < -0.39 is 11.7 Å². The van der Waals surface area contributed by atoms with Gasteiger partial charge in [-0.25, -0.2) is 9.37 Å². The van der Waals surface area contributed by atoms with E-state index in [1.807, 2.05) is 0 Å². The minimum Gasteiger partial charge on any atom is -0.321 e. The Balaban J connectivity index is 2.18. The molecule has 0 saturated carbocycles. The second-order valence-corrected chi connectivity index (χ2v) is 4.10. The molecule has 1 aromatic carbocycles. The van der Waals surface area contributed by atoms with Gasteiger partial charge in [-0.15, -0.1) is 0 Å². The van der Waals surface area contributed by atoms with E-state index in [4.69, 9.17) is 23.2 Å². The maximum Gasteiger partial charge on any atom is 0.275 e. The second kappa shape index (κ2) is 5.29. The molecule has 0 spiro atoms. The van der Waals surface area contributed by atoms with Crippen LogP contribution in [0, 0.1) is 5.82 Å². The fourth-order valence-corrected chi connectivity index (χ4v) is 1.55. The lowest BCUT2D eigenvalue weighted by atomic mass is 10.3. The average molecular weight is 286 g/mol. The molecule has 7 heteroatoms. The Hall–Kier alpha value is -1.72. The summed E-state index contributed by atoms with van der Waals surface area (Å²) in [6.07, 6.45) is 2.58. The number of nitrogens with zero attached hydrogens (tertiary/aromatic N) is 2. The highest BCUT2D eigenvalue weighted by Gasteiger charge is 2.10. The van der Waals surface area contributed by atoms with Crippen molar-refractivity contribution in [2.45, 2.75) is 0 Å². The molecule has 0 radical (unpaired) electrons. The first kappa shape index (κ1) is 12.7. The van der Waals surface area contributed by atoms with Crippen molar-refractivity contribution in [2.24, 2.45) is 0 Å². The first-order valence-corrected chi connectivity index (χ1v) is 5.56. The SMILES string of the molecule is O=C(Nc1ccc(F)c(Cl)c1)c1cncc(Cl)n1. The minimum atomic E-state index is -0.558. The predicted octanol–water partition coefficient (Wildman–Crippen LogP) is 3.17. The van der Waals surface area contributed by atoms with Crippen LogP contribution in [0.2, 0.25) is 10.2 Å². The fourth-order valence-electron chi connectivity index (χ4n) is 1.22. The van der Waals surface area contributed by atoms with E-state index in [2.05, 4.69) is 15.3 Å². The molecule has 2 aromatic rings. The lowest BCUT2D eigenvalue weighted by Crippen LogP contribution is -2.14. The van der Waals surface area contributed by atoms with Crippen molar-refractivity contribution in [3.63, 3.8) is 0 Å². The van der Waals surface area contributed by atoms with Gasteiger partial charge in [0.2, 0.25) is 0 Å². The van der Waals surface area contributed by atoms with Crippen LogP contribution in [0.1, 0.15) is 10.5 Å². The van der Waals surface area contributed by atoms with Crippen LogP contribution in [0.3, 0.4) is 0 Å². The van der Waals surface area contributed by atoms with Crippen LogP contribution >= 0.6 is 23.2 Å². The Morgan fingerprint density at radius 3 is 2.72 bits per heavy atom. The smallest absolute Gasteiger partial charge is 0.275 e. The van der Waals surface area contributed by atoms with Crippen LogP contribution in [0.25, 0.3) is 0 Å². The molecule has 4 nitrogen and oxygen atoms in total. The minimum absolute atomic E-state index is 0.0583. The zero-order valence-corrected chi connectivity index (χ0v) is 10.3. The average Bonchev–Trinajstić information content (AvgIpc) is 2.34. The van der Waals surface area contributed by atoms with Crippen LogP contribution in [-0.2, 0) is 0 Å². The molecule has 1 amide bonds. The summed E-state index contributed by atoms with van der Waals surface area (Å²) in [5.41, 5.74) is 0.413. The number of rotatable bonds is 2. The van der Waals surface area contributed by atoms with Crippen LogP contribution in [0.15, 0.2) is 30.6 Å². The van der Waals surface area contributed by atoms with Crippen molar-refractivity contribution in [3.8, 4) is 0 Å². The van der Waals surface area contributed by atoms with Gasteiger partial charge in [-0.1, -0.05) is 23.2 Å². The summed E-state index contributed by atoms with van der Waals surface area (Å²) in [4.78, 5) is 19.3. The predicted molar refractivity (Wildman–Crippen MR) is 66.4 cm³/mol. The fraction of sp³-hybridized carbons (Fsp3) is 0. The Kier molecular flexibility index (Phi) is 3.74. The van der Waals surface area contributed by atoms with Gasteiger partial charge in [0.15, 0.2) is 0 Å². The number of anilines is 1. The second-order valence-electron chi connectivity index (χ2n) is 3.31.